The second-order valence-corrected chi connectivity index (χ2v) is 5.86. The Hall–Kier alpha value is -1.42. The summed E-state index contributed by atoms with van der Waals surface area (Å²) < 4.78 is 5.01. The standard InChI is InChI=1S/C11H17N3O3S.H2/c1-11(2,3)17-10(16)13-5-9(15)14-7-18-6-8(14)4-12;/h8H,5-7H2,1-3H3,(H,13,16);1H. The van der Waals surface area contributed by atoms with Crippen molar-refractivity contribution < 1.29 is 15.8 Å². The summed E-state index contributed by atoms with van der Waals surface area (Å²) >= 11 is 1.53. The van der Waals surface area contributed by atoms with Gasteiger partial charge in [0.25, 0.3) is 0 Å². The fraction of sp³-hybridized carbons (Fsp3) is 0.727. The van der Waals surface area contributed by atoms with E-state index in [1.807, 2.05) is 0 Å². The second-order valence-electron chi connectivity index (χ2n) is 4.86. The fourth-order valence-corrected chi connectivity index (χ4v) is 2.46. The van der Waals surface area contributed by atoms with Crippen molar-refractivity contribution >= 4 is 23.8 Å². The topological polar surface area (TPSA) is 82.4 Å². The van der Waals surface area contributed by atoms with E-state index < -0.39 is 17.7 Å². The van der Waals surface area contributed by atoms with Crippen LogP contribution < -0.4 is 5.32 Å². The highest BCUT2D eigenvalue weighted by Gasteiger charge is 2.29. The zero-order chi connectivity index (χ0) is 13.8. The molecule has 1 N–H and O–H groups in total. The van der Waals surface area contributed by atoms with Crippen LogP contribution in [0.25, 0.3) is 0 Å². The number of hydrogen-bond acceptors (Lipinski definition) is 5. The monoisotopic (exact) mass is 273 g/mol. The third-order valence-corrected chi connectivity index (χ3v) is 3.15. The average Bonchev–Trinajstić information content (AvgIpc) is 2.71. The van der Waals surface area contributed by atoms with Crippen LogP contribution in [0.5, 0.6) is 0 Å². The Morgan fingerprint density at radius 2 is 2.28 bits per heavy atom. The minimum Gasteiger partial charge on any atom is -0.444 e. The molecule has 1 heterocycles. The fourth-order valence-electron chi connectivity index (χ4n) is 1.36. The van der Waals surface area contributed by atoms with Crippen LogP contribution in [-0.2, 0) is 9.53 Å². The van der Waals surface area contributed by atoms with Gasteiger partial charge in [-0.2, -0.15) is 5.26 Å². The van der Waals surface area contributed by atoms with Crippen molar-refractivity contribution in [3.63, 3.8) is 0 Å². The highest BCUT2D eigenvalue weighted by molar-refractivity contribution is 7.99. The lowest BCUT2D eigenvalue weighted by atomic mass is 10.2. The number of thioether (sulfide) groups is 1. The Balaban J connectivity index is 0.00000324. The summed E-state index contributed by atoms with van der Waals surface area (Å²) in [6, 6.07) is 1.66. The number of rotatable bonds is 2. The van der Waals surface area contributed by atoms with Gasteiger partial charge < -0.3 is 15.0 Å². The molecule has 1 saturated heterocycles. The molecule has 0 radical (unpaired) electrons. The van der Waals surface area contributed by atoms with Crippen LogP contribution in [-0.4, -0.2) is 46.7 Å². The summed E-state index contributed by atoms with van der Waals surface area (Å²) in [5, 5.41) is 11.2. The van der Waals surface area contributed by atoms with E-state index in [1.165, 1.54) is 16.7 Å². The van der Waals surface area contributed by atoms with Gasteiger partial charge in [0.1, 0.15) is 18.2 Å². The Morgan fingerprint density at radius 3 is 2.83 bits per heavy atom. The molecule has 1 rings (SSSR count). The first-order valence-corrected chi connectivity index (χ1v) is 6.72. The molecule has 18 heavy (non-hydrogen) atoms. The first-order chi connectivity index (χ1) is 8.33. The maximum absolute atomic E-state index is 11.8. The zero-order valence-electron chi connectivity index (χ0n) is 10.7. The lowest BCUT2D eigenvalue weighted by molar-refractivity contribution is -0.129. The van der Waals surface area contributed by atoms with Crippen molar-refractivity contribution in [2.75, 3.05) is 18.2 Å². The molecular formula is C11H19N3O3S. The van der Waals surface area contributed by atoms with Crippen LogP contribution in [0, 0.1) is 11.3 Å². The number of amides is 2. The number of carbonyl (C=O) groups excluding carboxylic acids is 2. The smallest absolute Gasteiger partial charge is 0.408 e. The molecule has 0 spiro atoms. The van der Waals surface area contributed by atoms with Gasteiger partial charge in [-0.25, -0.2) is 4.79 Å². The Bertz CT molecular complexity index is 378. The Labute approximate surface area is 112 Å². The third kappa shape index (κ3) is 4.45. The molecule has 1 aliphatic heterocycles. The molecule has 2 amide bonds. The van der Waals surface area contributed by atoms with Crippen LogP contribution in [0.1, 0.15) is 22.2 Å². The van der Waals surface area contributed by atoms with E-state index in [9.17, 15) is 9.59 Å². The maximum Gasteiger partial charge on any atom is 0.408 e. The molecule has 7 heteroatoms. The van der Waals surface area contributed by atoms with E-state index in [0.29, 0.717) is 11.6 Å². The lowest BCUT2D eigenvalue weighted by Gasteiger charge is -2.21. The molecule has 0 aliphatic carbocycles. The summed E-state index contributed by atoms with van der Waals surface area (Å²) in [6.07, 6.45) is -0.629. The van der Waals surface area contributed by atoms with Gasteiger partial charge in [-0.1, -0.05) is 0 Å². The number of nitrogens with zero attached hydrogens (tertiary/aromatic N) is 2. The van der Waals surface area contributed by atoms with Gasteiger partial charge in [-0.3, -0.25) is 4.79 Å². The van der Waals surface area contributed by atoms with Crippen molar-refractivity contribution in [1.29, 1.82) is 5.26 Å². The molecule has 0 aromatic heterocycles. The highest BCUT2D eigenvalue weighted by atomic mass is 32.2. The third-order valence-electron chi connectivity index (χ3n) is 2.13. The molecular weight excluding hydrogens is 254 g/mol. The average molecular weight is 273 g/mol. The summed E-state index contributed by atoms with van der Waals surface area (Å²) in [7, 11) is 0. The van der Waals surface area contributed by atoms with Crippen molar-refractivity contribution in [3.8, 4) is 6.07 Å². The molecule has 0 bridgehead atoms. The SMILES string of the molecule is CC(C)(C)OC(=O)NCC(=O)N1CSCC1C#N.[HH]. The van der Waals surface area contributed by atoms with Gasteiger partial charge in [-0.15, -0.1) is 11.8 Å². The molecule has 0 aromatic rings. The van der Waals surface area contributed by atoms with Crippen molar-refractivity contribution in [2.45, 2.75) is 32.4 Å². The van der Waals surface area contributed by atoms with E-state index >= 15 is 0 Å². The predicted octanol–water partition coefficient (Wildman–Crippen LogP) is 1.18. The van der Waals surface area contributed by atoms with E-state index in [4.69, 9.17) is 10.00 Å². The van der Waals surface area contributed by atoms with Gasteiger partial charge in [-0.05, 0) is 20.8 Å². The van der Waals surface area contributed by atoms with Gasteiger partial charge in [0, 0.05) is 7.18 Å². The minimum absolute atomic E-state index is 0. The Morgan fingerprint density at radius 1 is 1.61 bits per heavy atom. The van der Waals surface area contributed by atoms with E-state index in [2.05, 4.69) is 11.4 Å². The molecule has 102 valence electrons. The van der Waals surface area contributed by atoms with E-state index in [1.54, 1.807) is 20.8 Å². The predicted molar refractivity (Wildman–Crippen MR) is 69.9 cm³/mol. The highest BCUT2D eigenvalue weighted by Crippen LogP contribution is 2.19. The van der Waals surface area contributed by atoms with E-state index in [-0.39, 0.29) is 13.9 Å². The first-order valence-electron chi connectivity index (χ1n) is 5.57. The summed E-state index contributed by atoms with van der Waals surface area (Å²) in [5.41, 5.74) is -0.591. The molecule has 6 nitrogen and oxygen atoms in total. The summed E-state index contributed by atoms with van der Waals surface area (Å²) in [4.78, 5) is 24.6. The maximum atomic E-state index is 11.8. The molecule has 1 fully saturated rings. The van der Waals surface area contributed by atoms with Gasteiger partial charge in [0.15, 0.2) is 0 Å². The van der Waals surface area contributed by atoms with Crippen LogP contribution in [0.2, 0.25) is 0 Å². The summed E-state index contributed by atoms with van der Waals surface area (Å²) in [5.74, 6) is 0.847. The largest absolute Gasteiger partial charge is 0.444 e. The number of alkyl carbamates (subject to hydrolysis) is 1. The molecule has 0 aromatic carbocycles. The molecule has 1 unspecified atom stereocenters. The molecule has 0 saturated carbocycles. The number of hydrogen-bond donors (Lipinski definition) is 1. The van der Waals surface area contributed by atoms with Crippen molar-refractivity contribution in [1.82, 2.24) is 10.2 Å². The minimum atomic E-state index is -0.629. The number of nitriles is 1. The van der Waals surface area contributed by atoms with Gasteiger partial charge >= 0.3 is 6.09 Å². The molecule has 1 aliphatic rings. The normalized spacial score (nSPS) is 19.2. The lowest BCUT2D eigenvalue weighted by Crippen LogP contribution is -2.43. The number of nitrogens with one attached hydrogen (secondary N) is 1. The molecule has 1 atom stereocenters. The van der Waals surface area contributed by atoms with Crippen molar-refractivity contribution in [3.05, 3.63) is 0 Å². The van der Waals surface area contributed by atoms with Crippen LogP contribution in [0.4, 0.5) is 4.79 Å². The quantitative estimate of drug-likeness (QED) is 0.817. The van der Waals surface area contributed by atoms with E-state index in [0.717, 1.165) is 0 Å². The number of carbonyl (C=O) groups is 2. The number of ether oxygens (including phenoxy) is 1. The van der Waals surface area contributed by atoms with Crippen LogP contribution >= 0.6 is 11.8 Å². The van der Waals surface area contributed by atoms with Crippen LogP contribution in [0.15, 0.2) is 0 Å². The Kier molecular flexibility index (Phi) is 4.84. The second kappa shape index (κ2) is 5.96. The zero-order valence-corrected chi connectivity index (χ0v) is 11.5. The summed E-state index contributed by atoms with van der Waals surface area (Å²) in [6.45, 7) is 5.10. The van der Waals surface area contributed by atoms with Crippen molar-refractivity contribution in [2.24, 2.45) is 0 Å². The first kappa shape index (κ1) is 14.6. The van der Waals surface area contributed by atoms with Crippen LogP contribution in [0.3, 0.4) is 0 Å². The van der Waals surface area contributed by atoms with Gasteiger partial charge in [0.05, 0.1) is 11.9 Å². The van der Waals surface area contributed by atoms with Gasteiger partial charge in [0.2, 0.25) is 5.91 Å².